The maximum atomic E-state index is 13.2. The summed E-state index contributed by atoms with van der Waals surface area (Å²) < 4.78 is 1.45. The number of carbonyl (C=O) groups excluding carboxylic acids is 2. The summed E-state index contributed by atoms with van der Waals surface area (Å²) in [6.45, 7) is 11.4. The average molecular weight is 389 g/mol. The highest BCUT2D eigenvalue weighted by Gasteiger charge is 2.20. The molecule has 0 unspecified atom stereocenters. The van der Waals surface area contributed by atoms with Gasteiger partial charge in [-0.3, -0.25) is 19.1 Å². The van der Waals surface area contributed by atoms with E-state index in [9.17, 15) is 9.59 Å². The molecule has 150 valence electrons. The molecule has 0 N–H and O–H groups in total. The van der Waals surface area contributed by atoms with Crippen LogP contribution in [0.3, 0.4) is 0 Å². The summed E-state index contributed by atoms with van der Waals surface area (Å²) in [5, 5.41) is 0. The molecule has 0 spiro atoms. The molecule has 1 amide bonds. The SMILES string of the molecule is C=C/C=C/N(C(=O)c1ccc(C)cc1)/C(C)=C(CC(=O)n1ccnc1)\C(C)=C\C. The zero-order valence-electron chi connectivity index (χ0n) is 17.4. The van der Waals surface area contributed by atoms with Gasteiger partial charge in [-0.2, -0.15) is 0 Å². The fourth-order valence-electron chi connectivity index (χ4n) is 2.84. The van der Waals surface area contributed by atoms with Crippen LogP contribution >= 0.6 is 0 Å². The van der Waals surface area contributed by atoms with Gasteiger partial charge in [0.05, 0.1) is 6.42 Å². The van der Waals surface area contributed by atoms with Crippen LogP contribution in [0.4, 0.5) is 0 Å². The zero-order valence-corrected chi connectivity index (χ0v) is 17.4. The van der Waals surface area contributed by atoms with Gasteiger partial charge in [0.2, 0.25) is 5.91 Å². The predicted molar refractivity (Wildman–Crippen MR) is 116 cm³/mol. The first-order chi connectivity index (χ1) is 13.9. The Kier molecular flexibility index (Phi) is 7.66. The first-order valence-corrected chi connectivity index (χ1v) is 9.42. The average Bonchev–Trinajstić information content (AvgIpc) is 3.26. The van der Waals surface area contributed by atoms with E-state index in [4.69, 9.17) is 0 Å². The normalized spacial score (nSPS) is 12.6. The molecule has 5 nitrogen and oxygen atoms in total. The summed E-state index contributed by atoms with van der Waals surface area (Å²) in [6.07, 6.45) is 11.7. The maximum absolute atomic E-state index is 13.2. The number of imidazole rings is 1. The summed E-state index contributed by atoms with van der Waals surface area (Å²) >= 11 is 0. The lowest BCUT2D eigenvalue weighted by Gasteiger charge is -2.23. The van der Waals surface area contributed by atoms with Gasteiger partial charge in [-0.15, -0.1) is 0 Å². The molecule has 29 heavy (non-hydrogen) atoms. The van der Waals surface area contributed by atoms with Gasteiger partial charge in [-0.1, -0.05) is 36.4 Å². The smallest absolute Gasteiger partial charge is 0.262 e. The minimum Gasteiger partial charge on any atom is -0.288 e. The van der Waals surface area contributed by atoms with Crippen LogP contribution in [0.1, 0.15) is 47.9 Å². The molecule has 0 radical (unpaired) electrons. The number of hydrogen-bond donors (Lipinski definition) is 0. The molecule has 5 heteroatoms. The third kappa shape index (κ3) is 5.51. The summed E-state index contributed by atoms with van der Waals surface area (Å²) in [5.41, 5.74) is 4.07. The van der Waals surface area contributed by atoms with Crippen molar-refractivity contribution in [1.82, 2.24) is 14.5 Å². The van der Waals surface area contributed by atoms with Gasteiger partial charge >= 0.3 is 0 Å². The molecule has 1 aromatic carbocycles. The molecule has 2 aromatic rings. The third-order valence-corrected chi connectivity index (χ3v) is 4.72. The van der Waals surface area contributed by atoms with E-state index in [2.05, 4.69) is 11.6 Å². The van der Waals surface area contributed by atoms with Crippen molar-refractivity contribution in [2.24, 2.45) is 0 Å². The van der Waals surface area contributed by atoms with E-state index < -0.39 is 0 Å². The molecule has 0 aliphatic carbocycles. The quantitative estimate of drug-likeness (QED) is 0.604. The lowest BCUT2D eigenvalue weighted by molar-refractivity contribution is 0.0850. The van der Waals surface area contributed by atoms with Crippen LogP contribution in [0, 0.1) is 6.92 Å². The molecule has 0 aliphatic heterocycles. The molecule has 0 atom stereocenters. The zero-order chi connectivity index (χ0) is 21.4. The lowest BCUT2D eigenvalue weighted by Crippen LogP contribution is -2.26. The highest BCUT2D eigenvalue weighted by molar-refractivity contribution is 5.96. The topological polar surface area (TPSA) is 55.2 Å². The number of aryl methyl sites for hydroxylation is 1. The van der Waals surface area contributed by atoms with E-state index in [1.54, 1.807) is 47.8 Å². The summed E-state index contributed by atoms with van der Waals surface area (Å²) in [6, 6.07) is 7.42. The van der Waals surface area contributed by atoms with Crippen LogP contribution in [0.25, 0.3) is 0 Å². The Morgan fingerprint density at radius 1 is 1.21 bits per heavy atom. The van der Waals surface area contributed by atoms with Crippen molar-refractivity contribution >= 4 is 11.8 Å². The molecule has 0 bridgehead atoms. The molecule has 0 fully saturated rings. The van der Waals surface area contributed by atoms with Gasteiger partial charge in [-0.25, -0.2) is 4.98 Å². The second-order valence-electron chi connectivity index (χ2n) is 6.69. The Morgan fingerprint density at radius 3 is 2.45 bits per heavy atom. The van der Waals surface area contributed by atoms with Crippen LogP contribution in [0.15, 0.2) is 90.8 Å². The first kappa shape index (κ1) is 21.8. The second-order valence-corrected chi connectivity index (χ2v) is 6.69. The number of nitrogens with zero attached hydrogens (tertiary/aromatic N) is 3. The van der Waals surface area contributed by atoms with Gasteiger partial charge in [0, 0.05) is 29.9 Å². The van der Waals surface area contributed by atoms with Crippen molar-refractivity contribution in [2.75, 3.05) is 0 Å². The van der Waals surface area contributed by atoms with Gasteiger partial charge in [0.25, 0.3) is 5.91 Å². The number of benzene rings is 1. The van der Waals surface area contributed by atoms with Crippen molar-refractivity contribution in [3.05, 3.63) is 102 Å². The Bertz CT molecular complexity index is 962. The van der Waals surface area contributed by atoms with E-state index in [1.807, 2.05) is 45.9 Å². The van der Waals surface area contributed by atoms with Crippen molar-refractivity contribution in [3.63, 3.8) is 0 Å². The third-order valence-electron chi connectivity index (χ3n) is 4.72. The number of allylic oxidation sites excluding steroid dienone is 6. The number of hydrogen-bond acceptors (Lipinski definition) is 3. The molecule has 1 heterocycles. The minimum atomic E-state index is -0.169. The van der Waals surface area contributed by atoms with Gasteiger partial charge < -0.3 is 0 Å². The predicted octanol–water partition coefficient (Wildman–Crippen LogP) is 5.30. The van der Waals surface area contributed by atoms with Gasteiger partial charge in [0.15, 0.2) is 0 Å². The molecular weight excluding hydrogens is 362 g/mol. The summed E-state index contributed by atoms with van der Waals surface area (Å²) in [7, 11) is 0. The highest BCUT2D eigenvalue weighted by atomic mass is 16.2. The van der Waals surface area contributed by atoms with Crippen LogP contribution in [-0.2, 0) is 0 Å². The molecular formula is C24H27N3O2. The second kappa shape index (κ2) is 10.2. The van der Waals surface area contributed by atoms with Gasteiger partial charge in [0.1, 0.15) is 6.33 Å². The lowest BCUT2D eigenvalue weighted by atomic mass is 10.00. The molecule has 2 rings (SSSR count). The molecule has 0 saturated carbocycles. The highest BCUT2D eigenvalue weighted by Crippen LogP contribution is 2.24. The Balaban J connectivity index is 2.50. The summed E-state index contributed by atoms with van der Waals surface area (Å²) in [4.78, 5) is 31.4. The van der Waals surface area contributed by atoms with E-state index in [0.29, 0.717) is 11.3 Å². The van der Waals surface area contributed by atoms with E-state index >= 15 is 0 Å². The van der Waals surface area contributed by atoms with Crippen LogP contribution in [-0.4, -0.2) is 26.3 Å². The van der Waals surface area contributed by atoms with Crippen molar-refractivity contribution in [3.8, 4) is 0 Å². The van der Waals surface area contributed by atoms with Crippen molar-refractivity contribution in [2.45, 2.75) is 34.1 Å². The van der Waals surface area contributed by atoms with Crippen LogP contribution in [0.2, 0.25) is 0 Å². The summed E-state index contributed by atoms with van der Waals surface area (Å²) in [5.74, 6) is -0.287. The number of rotatable bonds is 7. The van der Waals surface area contributed by atoms with Crippen LogP contribution in [0.5, 0.6) is 0 Å². The van der Waals surface area contributed by atoms with Crippen molar-refractivity contribution in [1.29, 1.82) is 0 Å². The monoisotopic (exact) mass is 389 g/mol. The maximum Gasteiger partial charge on any atom is 0.262 e. The first-order valence-electron chi connectivity index (χ1n) is 9.42. The minimum absolute atomic E-state index is 0.117. The molecule has 0 saturated heterocycles. The van der Waals surface area contributed by atoms with Crippen LogP contribution < -0.4 is 0 Å². The fraction of sp³-hybridized carbons (Fsp3) is 0.208. The van der Waals surface area contributed by atoms with E-state index in [1.165, 1.54) is 10.9 Å². The molecule has 0 aliphatic rings. The Labute approximate surface area is 172 Å². The largest absolute Gasteiger partial charge is 0.288 e. The fourth-order valence-corrected chi connectivity index (χ4v) is 2.84. The Hall–Kier alpha value is -3.47. The number of aromatic nitrogens is 2. The standard InChI is InChI=1S/C24H27N3O2/c1-6-8-14-27(24(29)21-11-9-18(3)10-12-21)20(5)22(19(4)7-2)16-23(28)26-15-13-25-17-26/h6-15,17H,1,16H2,2-5H3/b14-8+,19-7+,22-20-. The number of amides is 1. The number of carbonyl (C=O) groups is 2. The van der Waals surface area contributed by atoms with Gasteiger partial charge in [-0.05, 0) is 57.0 Å². The van der Waals surface area contributed by atoms with Crippen molar-refractivity contribution < 1.29 is 9.59 Å². The van der Waals surface area contributed by atoms with E-state index in [-0.39, 0.29) is 18.2 Å². The van der Waals surface area contributed by atoms with E-state index in [0.717, 1.165) is 16.7 Å². The molecule has 1 aromatic heterocycles. The Morgan fingerprint density at radius 2 is 1.90 bits per heavy atom.